The molecule has 1 aromatic heterocycles. The second-order valence-electron chi connectivity index (χ2n) is 5.02. The summed E-state index contributed by atoms with van der Waals surface area (Å²) < 4.78 is 47.5. The van der Waals surface area contributed by atoms with Crippen LogP contribution < -0.4 is 0 Å². The van der Waals surface area contributed by atoms with Crippen molar-refractivity contribution in [3.05, 3.63) is 11.7 Å². The number of aliphatic hydroxyl groups excluding tert-OH is 1. The predicted octanol–water partition coefficient (Wildman–Crippen LogP) is 2.21. The van der Waals surface area contributed by atoms with Crippen LogP contribution in [0.2, 0.25) is 0 Å². The molecule has 8 heteroatoms. The van der Waals surface area contributed by atoms with Crippen LogP contribution in [0.4, 0.5) is 13.2 Å². The Morgan fingerprint density at radius 1 is 1.40 bits per heavy atom. The minimum atomic E-state index is -4.71. The monoisotopic (exact) mass is 294 g/mol. The average molecular weight is 294 g/mol. The molecule has 0 spiro atoms. The first-order valence-corrected chi connectivity index (χ1v) is 6.57. The topological polar surface area (TPSA) is 68.4 Å². The zero-order valence-electron chi connectivity index (χ0n) is 11.1. The third-order valence-corrected chi connectivity index (χ3v) is 3.37. The number of nitrogens with zero attached hydrogens (tertiary/aromatic N) is 2. The summed E-state index contributed by atoms with van der Waals surface area (Å²) >= 11 is 0. The molecule has 0 aliphatic carbocycles. The van der Waals surface area contributed by atoms with Gasteiger partial charge in [-0.2, -0.15) is 18.2 Å². The first-order valence-electron chi connectivity index (χ1n) is 6.57. The van der Waals surface area contributed by atoms with E-state index in [0.717, 1.165) is 19.3 Å². The van der Waals surface area contributed by atoms with E-state index in [0.29, 0.717) is 18.9 Å². The van der Waals surface area contributed by atoms with Crippen molar-refractivity contribution in [3.63, 3.8) is 0 Å². The minimum Gasteiger partial charge on any atom is -0.383 e. The Kier molecular flexibility index (Phi) is 4.64. The predicted molar refractivity (Wildman–Crippen MR) is 62.1 cm³/mol. The maximum absolute atomic E-state index is 12.4. The van der Waals surface area contributed by atoms with Crippen molar-refractivity contribution in [2.24, 2.45) is 0 Å². The van der Waals surface area contributed by atoms with Crippen molar-refractivity contribution in [1.82, 2.24) is 10.1 Å². The van der Waals surface area contributed by atoms with Gasteiger partial charge in [-0.05, 0) is 19.3 Å². The Labute approximate surface area is 114 Å². The minimum absolute atomic E-state index is 0.0166. The molecule has 3 unspecified atom stereocenters. The zero-order chi connectivity index (χ0) is 14.8. The maximum Gasteiger partial charge on any atom is 0.415 e. The third kappa shape index (κ3) is 3.69. The molecule has 0 radical (unpaired) electrons. The van der Waals surface area contributed by atoms with E-state index in [-0.39, 0.29) is 12.0 Å². The smallest absolute Gasteiger partial charge is 0.383 e. The average Bonchev–Trinajstić information content (AvgIpc) is 2.85. The molecule has 0 aromatic carbocycles. The second-order valence-corrected chi connectivity index (χ2v) is 5.02. The summed E-state index contributed by atoms with van der Waals surface area (Å²) in [7, 11) is 0. The van der Waals surface area contributed by atoms with E-state index >= 15 is 0 Å². The molecule has 0 amide bonds. The Balaban J connectivity index is 1.97. The molecular weight excluding hydrogens is 277 g/mol. The van der Waals surface area contributed by atoms with Crippen LogP contribution in [0.1, 0.15) is 43.8 Å². The van der Waals surface area contributed by atoms with Crippen LogP contribution in [0.3, 0.4) is 0 Å². The highest BCUT2D eigenvalue weighted by molar-refractivity contribution is 4.98. The van der Waals surface area contributed by atoms with Crippen LogP contribution in [0.15, 0.2) is 4.52 Å². The quantitative estimate of drug-likeness (QED) is 0.922. The maximum atomic E-state index is 12.4. The fourth-order valence-electron chi connectivity index (χ4n) is 2.13. The molecule has 5 nitrogen and oxygen atoms in total. The Morgan fingerprint density at radius 2 is 2.15 bits per heavy atom. The van der Waals surface area contributed by atoms with Crippen molar-refractivity contribution in [2.45, 2.75) is 56.9 Å². The standard InChI is InChI=1S/C12H17F3N2O3/c1-7(10(18)12(13,14)15)11-16-9(17-20-11)6-8-4-2-3-5-19-8/h7-8,10,18H,2-6H2,1H3. The number of aromatic nitrogens is 2. The highest BCUT2D eigenvalue weighted by Gasteiger charge is 2.44. The lowest BCUT2D eigenvalue weighted by atomic mass is 10.0. The Bertz CT molecular complexity index is 430. The molecule has 20 heavy (non-hydrogen) atoms. The van der Waals surface area contributed by atoms with Crippen LogP contribution in [-0.2, 0) is 11.2 Å². The summed E-state index contributed by atoms with van der Waals surface area (Å²) in [4.78, 5) is 3.92. The molecule has 2 heterocycles. The van der Waals surface area contributed by atoms with E-state index in [9.17, 15) is 13.2 Å². The molecule has 0 saturated carbocycles. The normalized spacial score (nSPS) is 23.6. The fraction of sp³-hybridized carbons (Fsp3) is 0.833. The summed E-state index contributed by atoms with van der Waals surface area (Å²) in [5.74, 6) is -1.18. The van der Waals surface area contributed by atoms with Crippen LogP contribution in [0, 0.1) is 0 Å². The third-order valence-electron chi connectivity index (χ3n) is 3.37. The van der Waals surface area contributed by atoms with Crippen LogP contribution in [-0.4, -0.2) is 40.2 Å². The van der Waals surface area contributed by atoms with Crippen molar-refractivity contribution < 1.29 is 27.5 Å². The van der Waals surface area contributed by atoms with Gasteiger partial charge in [-0.25, -0.2) is 0 Å². The molecule has 1 aromatic rings. The summed E-state index contributed by atoms with van der Waals surface area (Å²) in [6.45, 7) is 1.88. The van der Waals surface area contributed by atoms with Crippen molar-refractivity contribution >= 4 is 0 Å². The molecule has 2 rings (SSSR count). The van der Waals surface area contributed by atoms with Gasteiger partial charge >= 0.3 is 6.18 Å². The molecule has 3 atom stereocenters. The van der Waals surface area contributed by atoms with Gasteiger partial charge < -0.3 is 14.4 Å². The number of rotatable bonds is 4. The van der Waals surface area contributed by atoms with Crippen molar-refractivity contribution in [3.8, 4) is 0 Å². The molecule has 1 aliphatic heterocycles. The first kappa shape index (κ1) is 15.2. The first-order chi connectivity index (χ1) is 9.38. The van der Waals surface area contributed by atoms with Gasteiger partial charge in [-0.1, -0.05) is 12.1 Å². The summed E-state index contributed by atoms with van der Waals surface area (Å²) in [6, 6.07) is 0. The van der Waals surface area contributed by atoms with Crippen LogP contribution >= 0.6 is 0 Å². The summed E-state index contributed by atoms with van der Waals surface area (Å²) in [5.41, 5.74) is 0. The molecular formula is C12H17F3N2O3. The largest absolute Gasteiger partial charge is 0.415 e. The summed E-state index contributed by atoms with van der Waals surface area (Å²) in [6.07, 6.45) is -3.87. The number of aliphatic hydroxyl groups is 1. The van der Waals surface area contributed by atoms with E-state index in [1.54, 1.807) is 0 Å². The van der Waals surface area contributed by atoms with Gasteiger partial charge in [0.05, 0.1) is 12.0 Å². The highest BCUT2D eigenvalue weighted by Crippen LogP contribution is 2.30. The lowest BCUT2D eigenvalue weighted by Gasteiger charge is -2.21. The zero-order valence-corrected chi connectivity index (χ0v) is 11.1. The highest BCUT2D eigenvalue weighted by atomic mass is 19.4. The van der Waals surface area contributed by atoms with Gasteiger partial charge in [-0.15, -0.1) is 0 Å². The molecule has 0 bridgehead atoms. The molecule has 1 N–H and O–H groups in total. The van der Waals surface area contributed by atoms with Crippen LogP contribution in [0.25, 0.3) is 0 Å². The number of hydrogen-bond donors (Lipinski definition) is 1. The van der Waals surface area contributed by atoms with Crippen LogP contribution in [0.5, 0.6) is 0 Å². The van der Waals surface area contributed by atoms with Crippen molar-refractivity contribution in [2.75, 3.05) is 6.61 Å². The van der Waals surface area contributed by atoms with Gasteiger partial charge in [0.25, 0.3) is 0 Å². The van der Waals surface area contributed by atoms with Crippen molar-refractivity contribution in [1.29, 1.82) is 0 Å². The summed E-state index contributed by atoms with van der Waals surface area (Å²) in [5, 5.41) is 12.8. The molecule has 1 aliphatic rings. The SMILES string of the molecule is CC(c1nc(CC2CCCCO2)no1)C(O)C(F)(F)F. The van der Waals surface area contributed by atoms with Gasteiger partial charge in [0, 0.05) is 13.0 Å². The van der Waals surface area contributed by atoms with E-state index in [4.69, 9.17) is 14.4 Å². The number of halogens is 3. The van der Waals surface area contributed by atoms with E-state index in [1.807, 2.05) is 0 Å². The number of alkyl halides is 3. The van der Waals surface area contributed by atoms with E-state index < -0.39 is 18.2 Å². The lowest BCUT2D eigenvalue weighted by Crippen LogP contribution is -2.33. The van der Waals surface area contributed by atoms with Gasteiger partial charge in [0.1, 0.15) is 0 Å². The second kappa shape index (κ2) is 6.09. The van der Waals surface area contributed by atoms with Gasteiger partial charge in [-0.3, -0.25) is 0 Å². The van der Waals surface area contributed by atoms with E-state index in [1.165, 1.54) is 6.92 Å². The molecule has 1 fully saturated rings. The molecule has 1 saturated heterocycles. The van der Waals surface area contributed by atoms with Gasteiger partial charge in [0.2, 0.25) is 5.89 Å². The number of hydrogen-bond acceptors (Lipinski definition) is 5. The Hall–Kier alpha value is -1.15. The molecule has 114 valence electrons. The lowest BCUT2D eigenvalue weighted by molar-refractivity contribution is -0.210. The fourth-order valence-corrected chi connectivity index (χ4v) is 2.13. The number of ether oxygens (including phenoxy) is 1. The Morgan fingerprint density at radius 3 is 2.75 bits per heavy atom. The van der Waals surface area contributed by atoms with Gasteiger partial charge in [0.15, 0.2) is 11.9 Å². The van der Waals surface area contributed by atoms with E-state index in [2.05, 4.69) is 10.1 Å².